The molecular weight excluding hydrogens is 585 g/mol. The zero-order valence-electron chi connectivity index (χ0n) is 26.0. The number of pyridine rings is 1. The van der Waals surface area contributed by atoms with Gasteiger partial charge in [0, 0.05) is 22.1 Å². The van der Waals surface area contributed by atoms with Crippen molar-refractivity contribution in [1.29, 1.82) is 5.26 Å². The molecule has 0 aliphatic heterocycles. The molecule has 0 spiro atoms. The topological polar surface area (TPSA) is 62.5 Å². The number of rotatable bonds is 6. The normalized spacial score (nSPS) is 10.9. The highest BCUT2D eigenvalue weighted by Crippen LogP contribution is 2.37. The molecule has 6 aromatic carbocycles. The summed E-state index contributed by atoms with van der Waals surface area (Å²) in [5, 5.41) is 10.2. The summed E-state index contributed by atoms with van der Waals surface area (Å²) < 4.78 is 0. The average molecular weight is 613 g/mol. The number of benzene rings is 6. The molecule has 0 N–H and O–H groups in total. The van der Waals surface area contributed by atoms with E-state index in [4.69, 9.17) is 20.2 Å². The Kier molecular flexibility index (Phi) is 7.54. The van der Waals surface area contributed by atoms with Crippen LogP contribution < -0.4 is 0 Å². The van der Waals surface area contributed by atoms with E-state index in [1.165, 1.54) is 0 Å². The number of nitrogens with zero attached hydrogens (tertiary/aromatic N) is 4. The maximum Gasteiger partial charge on any atom is 0.116 e. The van der Waals surface area contributed by atoms with E-state index in [-0.39, 0.29) is 0 Å². The van der Waals surface area contributed by atoms with E-state index in [0.29, 0.717) is 5.56 Å². The second-order valence-corrected chi connectivity index (χ2v) is 11.6. The molecule has 8 rings (SSSR count). The quantitative estimate of drug-likeness (QED) is 0.187. The Balaban J connectivity index is 1.24. The largest absolute Gasteiger partial charge is 0.246 e. The first kappa shape index (κ1) is 28.8. The molecule has 0 bridgehead atoms. The molecule has 224 valence electrons. The zero-order chi connectivity index (χ0) is 32.3. The van der Waals surface area contributed by atoms with E-state index < -0.39 is 0 Å². The molecule has 8 aromatic rings. The highest BCUT2D eigenvalue weighted by molar-refractivity contribution is 5.88. The molecule has 0 aliphatic carbocycles. The fraction of sp³-hybridized carbons (Fsp3) is 0. The van der Waals surface area contributed by atoms with E-state index in [0.717, 1.165) is 78.3 Å². The predicted molar refractivity (Wildman–Crippen MR) is 195 cm³/mol. The van der Waals surface area contributed by atoms with Crippen LogP contribution in [0.15, 0.2) is 170 Å². The van der Waals surface area contributed by atoms with Crippen molar-refractivity contribution in [3.8, 4) is 73.5 Å². The molecule has 4 heteroatoms. The maximum absolute atomic E-state index is 9.13. The van der Waals surface area contributed by atoms with Crippen LogP contribution in [-0.4, -0.2) is 15.0 Å². The number of hydrogen-bond donors (Lipinski definition) is 0. The Bertz CT molecular complexity index is 2410. The van der Waals surface area contributed by atoms with Crippen molar-refractivity contribution in [2.75, 3.05) is 0 Å². The van der Waals surface area contributed by atoms with Gasteiger partial charge >= 0.3 is 0 Å². The van der Waals surface area contributed by atoms with Crippen molar-refractivity contribution < 1.29 is 0 Å². The summed E-state index contributed by atoms with van der Waals surface area (Å²) in [4.78, 5) is 15.8. The van der Waals surface area contributed by atoms with Crippen molar-refractivity contribution in [1.82, 2.24) is 15.0 Å². The van der Waals surface area contributed by atoms with Crippen LogP contribution in [0.5, 0.6) is 0 Å². The van der Waals surface area contributed by atoms with Gasteiger partial charge in [-0.3, -0.25) is 0 Å². The van der Waals surface area contributed by atoms with Gasteiger partial charge < -0.3 is 0 Å². The van der Waals surface area contributed by atoms with Gasteiger partial charge in [0.1, 0.15) is 5.69 Å². The lowest BCUT2D eigenvalue weighted by molar-refractivity contribution is 1.20. The molecule has 0 atom stereocenters. The summed E-state index contributed by atoms with van der Waals surface area (Å²) in [6.07, 6.45) is 0. The molecule has 4 nitrogen and oxygen atoms in total. The summed E-state index contributed by atoms with van der Waals surface area (Å²) in [5.41, 5.74) is 12.9. The van der Waals surface area contributed by atoms with Gasteiger partial charge in [0.15, 0.2) is 0 Å². The zero-order valence-corrected chi connectivity index (χ0v) is 26.0. The smallest absolute Gasteiger partial charge is 0.116 e. The SMILES string of the molecule is N#Cc1ccc(-c2ccc(-c3ccc(-c4nc(-c5ccccc5)c(-c5ccccc5)nc4-c4ccc5ccccc5n4)cc3)cc2)cc1. The number of fused-ring (bicyclic) bond motifs is 1. The third-order valence-corrected chi connectivity index (χ3v) is 8.56. The highest BCUT2D eigenvalue weighted by Gasteiger charge is 2.20. The van der Waals surface area contributed by atoms with Crippen LogP contribution in [0.4, 0.5) is 0 Å². The van der Waals surface area contributed by atoms with E-state index in [9.17, 15) is 0 Å². The summed E-state index contributed by atoms with van der Waals surface area (Å²) in [5.74, 6) is 0. The summed E-state index contributed by atoms with van der Waals surface area (Å²) >= 11 is 0. The van der Waals surface area contributed by atoms with Crippen LogP contribution in [0.2, 0.25) is 0 Å². The minimum atomic E-state index is 0.658. The fourth-order valence-corrected chi connectivity index (χ4v) is 6.02. The molecule has 0 amide bonds. The standard InChI is InChI=1S/C44H28N4/c45-29-30-15-17-31(18-16-30)32-19-21-33(22-20-32)34-23-25-38(26-24-34)43-44(40-28-27-35-9-7-8-14-39(35)46-40)48-42(37-12-5-2-6-13-37)41(47-43)36-10-3-1-4-11-36/h1-28H. The lowest BCUT2D eigenvalue weighted by Gasteiger charge is -2.16. The monoisotopic (exact) mass is 612 g/mol. The van der Waals surface area contributed by atoms with Crippen LogP contribution in [0, 0.1) is 11.3 Å². The van der Waals surface area contributed by atoms with E-state index in [1.807, 2.05) is 84.9 Å². The Morgan fingerprint density at radius 2 is 0.750 bits per heavy atom. The minimum Gasteiger partial charge on any atom is -0.246 e. The summed E-state index contributed by atoms with van der Waals surface area (Å²) in [6.45, 7) is 0. The van der Waals surface area contributed by atoms with Gasteiger partial charge in [0.25, 0.3) is 0 Å². The van der Waals surface area contributed by atoms with Gasteiger partial charge in [-0.15, -0.1) is 0 Å². The molecule has 0 aliphatic rings. The Hall–Kier alpha value is -6.70. The van der Waals surface area contributed by atoms with Crippen molar-refractivity contribution in [2.45, 2.75) is 0 Å². The second-order valence-electron chi connectivity index (χ2n) is 11.6. The first-order valence-corrected chi connectivity index (χ1v) is 15.8. The number of nitriles is 1. The summed E-state index contributed by atoms with van der Waals surface area (Å²) in [7, 11) is 0. The first-order chi connectivity index (χ1) is 23.7. The third-order valence-electron chi connectivity index (χ3n) is 8.56. The van der Waals surface area contributed by atoms with Crippen LogP contribution >= 0.6 is 0 Å². The van der Waals surface area contributed by atoms with E-state index >= 15 is 0 Å². The van der Waals surface area contributed by atoms with Gasteiger partial charge in [-0.1, -0.05) is 146 Å². The highest BCUT2D eigenvalue weighted by atomic mass is 14.9. The first-order valence-electron chi connectivity index (χ1n) is 15.8. The summed E-state index contributed by atoms with van der Waals surface area (Å²) in [6, 6.07) is 59.6. The van der Waals surface area contributed by atoms with Gasteiger partial charge in [-0.25, -0.2) is 15.0 Å². The Labute approximate surface area is 279 Å². The van der Waals surface area contributed by atoms with Crippen molar-refractivity contribution in [2.24, 2.45) is 0 Å². The van der Waals surface area contributed by atoms with Crippen LogP contribution in [0.1, 0.15) is 5.56 Å². The number of para-hydroxylation sites is 1. The number of aromatic nitrogens is 3. The third kappa shape index (κ3) is 5.62. The Morgan fingerprint density at radius 1 is 0.333 bits per heavy atom. The molecule has 0 saturated carbocycles. The van der Waals surface area contributed by atoms with Gasteiger partial charge in [0.05, 0.1) is 39.9 Å². The second kappa shape index (κ2) is 12.6. The molecule has 48 heavy (non-hydrogen) atoms. The number of hydrogen-bond acceptors (Lipinski definition) is 4. The predicted octanol–water partition coefficient (Wildman–Crippen LogP) is 10.9. The van der Waals surface area contributed by atoms with Crippen LogP contribution in [0.3, 0.4) is 0 Å². The molecule has 0 saturated heterocycles. The van der Waals surface area contributed by atoms with Crippen LogP contribution in [0.25, 0.3) is 78.3 Å². The molecule has 2 aromatic heterocycles. The molecule has 0 fully saturated rings. The van der Waals surface area contributed by atoms with Crippen molar-refractivity contribution >= 4 is 10.9 Å². The molecular formula is C44H28N4. The van der Waals surface area contributed by atoms with Gasteiger partial charge in [-0.2, -0.15) is 5.26 Å². The lowest BCUT2D eigenvalue weighted by atomic mass is 9.97. The van der Waals surface area contributed by atoms with Crippen LogP contribution in [-0.2, 0) is 0 Å². The minimum absolute atomic E-state index is 0.658. The molecule has 0 unspecified atom stereocenters. The van der Waals surface area contributed by atoms with Gasteiger partial charge in [0.2, 0.25) is 0 Å². The van der Waals surface area contributed by atoms with E-state index in [1.54, 1.807) is 0 Å². The Morgan fingerprint density at radius 3 is 1.29 bits per heavy atom. The fourth-order valence-electron chi connectivity index (χ4n) is 6.02. The maximum atomic E-state index is 9.13. The van der Waals surface area contributed by atoms with E-state index in [2.05, 4.69) is 91.0 Å². The molecule has 0 radical (unpaired) electrons. The lowest BCUT2D eigenvalue weighted by Crippen LogP contribution is -2.02. The van der Waals surface area contributed by atoms with Gasteiger partial charge in [-0.05, 0) is 46.5 Å². The van der Waals surface area contributed by atoms with Crippen molar-refractivity contribution in [3.63, 3.8) is 0 Å². The average Bonchev–Trinajstić information content (AvgIpc) is 3.18. The molecule has 2 heterocycles. The van der Waals surface area contributed by atoms with Crippen molar-refractivity contribution in [3.05, 3.63) is 175 Å².